The second-order valence-corrected chi connectivity index (χ2v) is 3.53. The Balaban J connectivity index is 4.38. The van der Waals surface area contributed by atoms with Crippen molar-refractivity contribution in [2.75, 3.05) is 6.61 Å². The highest BCUT2D eigenvalue weighted by Crippen LogP contribution is 2.07. The fraction of sp³-hybridized carbons (Fsp3) is 0.625. The Morgan fingerprint density at radius 1 is 1.24 bits per heavy atom. The molecule has 0 amide bonds. The van der Waals surface area contributed by atoms with Crippen molar-refractivity contribution in [3.8, 4) is 0 Å². The van der Waals surface area contributed by atoms with Gasteiger partial charge < -0.3 is 19.6 Å². The predicted octanol–water partition coefficient (Wildman–Crippen LogP) is -2.06. The smallest absolute Gasteiger partial charge is 0.429 e. The molecular weight excluding hydrogens is 296 g/mol. The van der Waals surface area contributed by atoms with E-state index in [1.165, 1.54) is 0 Å². The summed E-state index contributed by atoms with van der Waals surface area (Å²) in [7, 11) is 0. The number of carbonyl (C=O) groups is 2. The van der Waals surface area contributed by atoms with Crippen LogP contribution in [-0.4, -0.2) is 45.1 Å². The number of carboxylic acid groups (broad SMARTS) is 1. The summed E-state index contributed by atoms with van der Waals surface area (Å²) in [6.07, 6.45) is -1.97. The number of nitrogens with one attached hydrogen (secondary N) is 1. The highest BCUT2D eigenvalue weighted by molar-refractivity contribution is 6.61. The van der Waals surface area contributed by atoms with Gasteiger partial charge in [0.15, 0.2) is 5.97 Å². The SMILES string of the molecule is N=[N+]=C(C(=O)[O-])C(=O)CCCC(CO[N+](=O)[O-])O[N+](=O)[O-]. The van der Waals surface area contributed by atoms with Crippen LogP contribution in [0, 0.1) is 25.8 Å². The molecule has 0 saturated carbocycles. The molecule has 0 rings (SSSR count). The van der Waals surface area contributed by atoms with E-state index in [1.54, 1.807) is 0 Å². The van der Waals surface area contributed by atoms with Crippen LogP contribution in [0.1, 0.15) is 19.3 Å². The Morgan fingerprint density at radius 2 is 1.86 bits per heavy atom. The van der Waals surface area contributed by atoms with E-state index in [2.05, 4.69) is 14.5 Å². The lowest BCUT2D eigenvalue weighted by Gasteiger charge is -2.12. The minimum Gasteiger partial charge on any atom is -0.538 e. The Labute approximate surface area is 115 Å². The third-order valence-corrected chi connectivity index (χ3v) is 2.10. The summed E-state index contributed by atoms with van der Waals surface area (Å²) in [5.41, 5.74) is 5.40. The molecule has 0 aliphatic rings. The molecule has 0 spiro atoms. The van der Waals surface area contributed by atoms with Crippen LogP contribution < -0.4 is 5.11 Å². The molecule has 0 aliphatic carbocycles. The van der Waals surface area contributed by atoms with Gasteiger partial charge in [0.05, 0.1) is 10.3 Å². The van der Waals surface area contributed by atoms with Crippen LogP contribution in [0.4, 0.5) is 0 Å². The lowest BCUT2D eigenvalue weighted by atomic mass is 10.1. The molecule has 0 aromatic carbocycles. The van der Waals surface area contributed by atoms with Gasteiger partial charge >= 0.3 is 5.71 Å². The normalized spacial score (nSPS) is 10.9. The van der Waals surface area contributed by atoms with Gasteiger partial charge in [-0.05, 0) is 12.8 Å². The van der Waals surface area contributed by atoms with Crippen LogP contribution in [-0.2, 0) is 19.3 Å². The van der Waals surface area contributed by atoms with Gasteiger partial charge in [0, 0.05) is 6.42 Å². The molecule has 0 aromatic heterocycles. The van der Waals surface area contributed by atoms with E-state index in [0.29, 0.717) is 0 Å². The van der Waals surface area contributed by atoms with E-state index >= 15 is 0 Å². The zero-order chi connectivity index (χ0) is 16.4. The van der Waals surface area contributed by atoms with Crippen molar-refractivity contribution in [1.29, 1.82) is 5.53 Å². The van der Waals surface area contributed by atoms with Crippen LogP contribution in [0.25, 0.3) is 0 Å². The van der Waals surface area contributed by atoms with Crippen LogP contribution in [0.15, 0.2) is 0 Å². The van der Waals surface area contributed by atoms with E-state index in [1.807, 2.05) is 0 Å². The maximum atomic E-state index is 11.3. The van der Waals surface area contributed by atoms with Gasteiger partial charge in [0.1, 0.15) is 12.7 Å². The Morgan fingerprint density at radius 3 is 2.29 bits per heavy atom. The first-order valence-electron chi connectivity index (χ1n) is 5.35. The van der Waals surface area contributed by atoms with Gasteiger partial charge in [-0.2, -0.15) is 0 Å². The quantitative estimate of drug-likeness (QED) is 0.111. The van der Waals surface area contributed by atoms with Crippen LogP contribution in [0.3, 0.4) is 0 Å². The fourth-order valence-corrected chi connectivity index (χ4v) is 1.26. The number of carboxylic acids is 1. The van der Waals surface area contributed by atoms with Gasteiger partial charge in [-0.25, -0.2) is 0 Å². The number of carbonyl (C=O) groups excluding carboxylic acids is 2. The average molecular weight is 306 g/mol. The van der Waals surface area contributed by atoms with Gasteiger partial charge in [0.2, 0.25) is 0 Å². The van der Waals surface area contributed by atoms with Crippen LogP contribution in [0.2, 0.25) is 0 Å². The minimum absolute atomic E-state index is 0.0925. The average Bonchev–Trinajstić information content (AvgIpc) is 2.35. The molecule has 13 heteroatoms. The van der Waals surface area contributed by atoms with Gasteiger partial charge in [-0.3, -0.25) is 4.79 Å². The molecule has 0 fully saturated rings. The maximum Gasteiger partial charge on any atom is 0.429 e. The first-order valence-corrected chi connectivity index (χ1v) is 5.35. The molecule has 0 radical (unpaired) electrons. The molecular formula is C8H10N4O9. The molecule has 0 heterocycles. The molecule has 13 nitrogen and oxygen atoms in total. The lowest BCUT2D eigenvalue weighted by molar-refractivity contribution is -0.790. The van der Waals surface area contributed by atoms with E-state index in [0.717, 1.165) is 0 Å². The van der Waals surface area contributed by atoms with Gasteiger partial charge in [0.25, 0.3) is 16.0 Å². The van der Waals surface area contributed by atoms with E-state index in [4.69, 9.17) is 5.53 Å². The third kappa shape index (κ3) is 7.84. The predicted molar refractivity (Wildman–Crippen MR) is 56.7 cm³/mol. The number of nitrogens with zero attached hydrogens (tertiary/aromatic N) is 3. The number of hydrogen-bond donors (Lipinski definition) is 1. The van der Waals surface area contributed by atoms with Crippen molar-refractivity contribution in [1.82, 2.24) is 0 Å². The van der Waals surface area contributed by atoms with Crippen molar-refractivity contribution >= 4 is 17.5 Å². The molecule has 0 aromatic rings. The molecule has 1 N–H and O–H groups in total. The molecule has 1 atom stereocenters. The number of ketones is 1. The van der Waals surface area contributed by atoms with E-state index in [-0.39, 0.29) is 12.8 Å². The molecule has 21 heavy (non-hydrogen) atoms. The largest absolute Gasteiger partial charge is 0.538 e. The van der Waals surface area contributed by atoms with E-state index < -0.39 is 46.8 Å². The van der Waals surface area contributed by atoms with Gasteiger partial charge in [-0.15, -0.1) is 20.2 Å². The first kappa shape index (κ1) is 17.9. The number of hydrogen-bond acceptors (Lipinski definition) is 10. The first-order chi connectivity index (χ1) is 9.77. The summed E-state index contributed by atoms with van der Waals surface area (Å²) in [6.45, 7) is -0.720. The van der Waals surface area contributed by atoms with Crippen molar-refractivity contribution < 1.29 is 39.3 Å². The highest BCUT2D eigenvalue weighted by atomic mass is 17.0. The van der Waals surface area contributed by atoms with Crippen LogP contribution >= 0.6 is 0 Å². The zero-order valence-electron chi connectivity index (χ0n) is 10.4. The summed E-state index contributed by atoms with van der Waals surface area (Å²) in [6, 6.07) is 0. The Hall–Kier alpha value is -3.08. The van der Waals surface area contributed by atoms with Crippen LogP contribution in [0.5, 0.6) is 0 Å². The number of rotatable bonds is 11. The Bertz CT molecular complexity index is 484. The Kier molecular flexibility index (Phi) is 7.62. The summed E-state index contributed by atoms with van der Waals surface area (Å²) in [4.78, 5) is 52.3. The molecule has 0 bridgehead atoms. The fourth-order valence-electron chi connectivity index (χ4n) is 1.26. The molecule has 1 unspecified atom stereocenters. The van der Waals surface area contributed by atoms with Crippen molar-refractivity contribution in [2.45, 2.75) is 25.4 Å². The molecule has 0 aliphatic heterocycles. The maximum absolute atomic E-state index is 11.3. The van der Waals surface area contributed by atoms with Crippen molar-refractivity contribution in [3.63, 3.8) is 0 Å². The summed E-state index contributed by atoms with van der Waals surface area (Å²) < 4.78 is 0. The second-order valence-electron chi connectivity index (χ2n) is 3.53. The van der Waals surface area contributed by atoms with Crippen molar-refractivity contribution in [2.24, 2.45) is 0 Å². The lowest BCUT2D eigenvalue weighted by Crippen LogP contribution is -2.37. The standard InChI is InChI=1S/C8H10N4O9/c9-10-7(8(14)15)6(13)3-1-2-5(21-12(18)19)4-20-11(16)17/h5,9H,1-4H2. The number of Topliss-reactive ketones (excluding diaryl/α,β-unsaturated/α-hetero) is 1. The highest BCUT2D eigenvalue weighted by Gasteiger charge is 2.24. The molecule has 116 valence electrons. The second kappa shape index (κ2) is 8.92. The molecule has 0 saturated heterocycles. The zero-order valence-corrected chi connectivity index (χ0v) is 10.4. The summed E-state index contributed by atoms with van der Waals surface area (Å²) in [5.74, 6) is -2.91. The third-order valence-electron chi connectivity index (χ3n) is 2.10. The summed E-state index contributed by atoms with van der Waals surface area (Å²) in [5, 5.41) is 28.2. The van der Waals surface area contributed by atoms with Gasteiger partial charge in [-0.1, -0.05) is 0 Å². The van der Waals surface area contributed by atoms with Crippen molar-refractivity contribution in [3.05, 3.63) is 20.2 Å². The summed E-state index contributed by atoms with van der Waals surface area (Å²) >= 11 is 0. The monoisotopic (exact) mass is 306 g/mol. The number of aliphatic carboxylic acids is 1. The van der Waals surface area contributed by atoms with E-state index in [9.17, 15) is 34.9 Å². The minimum atomic E-state index is -1.91. The topological polar surface area (TPSA) is 200 Å².